The fourth-order valence-corrected chi connectivity index (χ4v) is 3.65. The van der Waals surface area contributed by atoms with Crippen molar-refractivity contribution in [3.05, 3.63) is 47.1 Å². The minimum Gasteiger partial charge on any atom is -0.507 e. The van der Waals surface area contributed by atoms with Gasteiger partial charge in [0.2, 0.25) is 0 Å². The maximum absolute atomic E-state index is 10.5. The van der Waals surface area contributed by atoms with Gasteiger partial charge in [-0.3, -0.25) is 0 Å². The molecule has 142 valence electrons. The Hall–Kier alpha value is -1.000. The number of phenols is 2. The Labute approximate surface area is 166 Å². The molecule has 2 N–H and O–H groups in total. The molecular weight excluding hydrogens is 348 g/mol. The first-order valence-electron chi connectivity index (χ1n) is 8.81. The van der Waals surface area contributed by atoms with E-state index < -0.39 is 0 Å². The maximum atomic E-state index is 10.5. The second kappa shape index (κ2) is 10.9. The summed E-state index contributed by atoms with van der Waals surface area (Å²) in [5.41, 5.74) is 4.11. The summed E-state index contributed by atoms with van der Waals surface area (Å²) in [4.78, 5) is 0. The van der Waals surface area contributed by atoms with Gasteiger partial charge in [0.1, 0.15) is 11.5 Å². The Bertz CT molecular complexity index is 585. The van der Waals surface area contributed by atoms with Crippen molar-refractivity contribution in [2.24, 2.45) is 5.92 Å². The van der Waals surface area contributed by atoms with Crippen LogP contribution in [0.2, 0.25) is 0 Å². The van der Waals surface area contributed by atoms with Crippen LogP contribution in [0.4, 0.5) is 0 Å². The van der Waals surface area contributed by atoms with Crippen LogP contribution in [0.5, 0.6) is 11.5 Å². The summed E-state index contributed by atoms with van der Waals surface area (Å²) in [5.74, 6) is 0.741. The number of hydrogen-bond acceptors (Lipinski definition) is 2. The highest BCUT2D eigenvalue weighted by molar-refractivity contribution is 7.59. The van der Waals surface area contributed by atoms with E-state index >= 15 is 0 Å². The average Bonchev–Trinajstić information content (AvgIpc) is 2.46. The van der Waals surface area contributed by atoms with Crippen molar-refractivity contribution in [1.29, 1.82) is 0 Å². The average molecular weight is 383 g/mol. The molecule has 0 saturated carbocycles. The lowest BCUT2D eigenvalue weighted by Gasteiger charge is -2.31. The molecule has 0 amide bonds. The van der Waals surface area contributed by atoms with Crippen LogP contribution in [-0.4, -0.2) is 10.2 Å². The molecule has 1 aromatic rings. The molecule has 2 nitrogen and oxygen atoms in total. The van der Waals surface area contributed by atoms with Crippen molar-refractivity contribution in [1.82, 2.24) is 0 Å². The van der Waals surface area contributed by atoms with Crippen molar-refractivity contribution in [3.63, 3.8) is 0 Å². The molecule has 2 rings (SSSR count). The molecule has 0 unspecified atom stereocenters. The molecule has 0 fully saturated rings. The molecular formula is C21H34O2S2. The number of aromatic hydroxyl groups is 2. The fourth-order valence-electron chi connectivity index (χ4n) is 3.65. The van der Waals surface area contributed by atoms with Gasteiger partial charge in [0, 0.05) is 11.5 Å². The zero-order valence-corrected chi connectivity index (χ0v) is 17.7. The van der Waals surface area contributed by atoms with Crippen molar-refractivity contribution in [3.8, 4) is 11.5 Å². The van der Waals surface area contributed by atoms with Gasteiger partial charge in [0.05, 0.1) is 0 Å². The van der Waals surface area contributed by atoms with E-state index in [4.69, 9.17) is 0 Å². The monoisotopic (exact) mass is 382 g/mol. The zero-order valence-electron chi connectivity index (χ0n) is 15.7. The molecule has 1 aromatic carbocycles. The molecule has 0 heterocycles. The van der Waals surface area contributed by atoms with E-state index in [1.54, 1.807) is 0 Å². The van der Waals surface area contributed by atoms with Crippen LogP contribution < -0.4 is 0 Å². The molecule has 0 spiro atoms. The van der Waals surface area contributed by atoms with E-state index in [1.807, 2.05) is 19.1 Å². The summed E-state index contributed by atoms with van der Waals surface area (Å²) in [6, 6.07) is 3.66. The minimum absolute atomic E-state index is 0. The third kappa shape index (κ3) is 6.03. The van der Waals surface area contributed by atoms with Gasteiger partial charge in [-0.25, -0.2) is 0 Å². The highest BCUT2D eigenvalue weighted by Crippen LogP contribution is 2.46. The quantitative estimate of drug-likeness (QED) is 0.463. The van der Waals surface area contributed by atoms with Crippen molar-refractivity contribution >= 4 is 27.0 Å². The van der Waals surface area contributed by atoms with Gasteiger partial charge >= 0.3 is 0 Å². The first-order chi connectivity index (χ1) is 10.9. The number of rotatable bonds is 6. The SMILES string of the molecule is C=C(C)[C@H]1CCC(C)=C[C@@H]1c1c(O)cc(CCCCC)cc1O.S.S. The van der Waals surface area contributed by atoms with Crippen LogP contribution in [0.25, 0.3) is 0 Å². The summed E-state index contributed by atoms with van der Waals surface area (Å²) in [6.07, 6.45) is 8.61. The molecule has 2 atom stereocenters. The van der Waals surface area contributed by atoms with Gasteiger partial charge in [-0.1, -0.05) is 43.6 Å². The van der Waals surface area contributed by atoms with E-state index in [0.29, 0.717) is 5.56 Å². The largest absolute Gasteiger partial charge is 0.507 e. The predicted octanol–water partition coefficient (Wildman–Crippen LogP) is 6.07. The van der Waals surface area contributed by atoms with E-state index in [-0.39, 0.29) is 50.3 Å². The van der Waals surface area contributed by atoms with Gasteiger partial charge in [0.15, 0.2) is 0 Å². The van der Waals surface area contributed by atoms with E-state index in [9.17, 15) is 10.2 Å². The molecule has 1 aliphatic rings. The van der Waals surface area contributed by atoms with Gasteiger partial charge in [-0.15, -0.1) is 0 Å². The topological polar surface area (TPSA) is 40.5 Å². The standard InChI is InChI=1S/C21H30O2.2H2S/c1-5-6-7-8-16-12-19(22)21(20(23)13-16)18-11-15(4)9-10-17(18)14(2)3;;/h11-13,17-18,22-23H,2,5-10H2,1,3-4H3;2*1H2/t17-,18+;;/m1../s1. The fraction of sp³-hybridized carbons (Fsp3) is 0.524. The zero-order chi connectivity index (χ0) is 17.0. The smallest absolute Gasteiger partial charge is 0.123 e. The second-order valence-corrected chi connectivity index (χ2v) is 7.04. The number of allylic oxidation sites excluding steroid dienone is 3. The van der Waals surface area contributed by atoms with E-state index in [2.05, 4.69) is 26.5 Å². The molecule has 0 aromatic heterocycles. The number of aryl methyl sites for hydroxylation is 1. The number of benzene rings is 1. The van der Waals surface area contributed by atoms with Crippen molar-refractivity contribution in [2.75, 3.05) is 0 Å². The summed E-state index contributed by atoms with van der Waals surface area (Å²) < 4.78 is 0. The van der Waals surface area contributed by atoms with Crippen LogP contribution in [0.1, 0.15) is 69.9 Å². The summed E-state index contributed by atoms with van der Waals surface area (Å²) in [5, 5.41) is 21.1. The summed E-state index contributed by atoms with van der Waals surface area (Å²) in [6.45, 7) is 10.4. The minimum atomic E-state index is 0. The van der Waals surface area contributed by atoms with Crippen molar-refractivity contribution in [2.45, 2.75) is 65.2 Å². The van der Waals surface area contributed by atoms with Crippen LogP contribution in [0.3, 0.4) is 0 Å². The van der Waals surface area contributed by atoms with Gasteiger partial charge in [-0.2, -0.15) is 27.0 Å². The third-order valence-corrected chi connectivity index (χ3v) is 4.98. The molecule has 0 saturated heterocycles. The van der Waals surface area contributed by atoms with Crippen molar-refractivity contribution < 1.29 is 10.2 Å². The van der Waals surface area contributed by atoms with E-state index in [0.717, 1.165) is 36.8 Å². The lowest BCUT2D eigenvalue weighted by molar-refractivity contribution is 0.406. The lowest BCUT2D eigenvalue weighted by atomic mass is 9.73. The van der Waals surface area contributed by atoms with Crippen LogP contribution in [0, 0.1) is 5.92 Å². The van der Waals surface area contributed by atoms with Crippen LogP contribution >= 0.6 is 27.0 Å². The number of unbranched alkanes of at least 4 members (excludes halogenated alkanes) is 2. The Morgan fingerprint density at radius 2 is 1.76 bits per heavy atom. The Kier molecular flexibility index (Phi) is 10.4. The maximum Gasteiger partial charge on any atom is 0.123 e. The van der Waals surface area contributed by atoms with Gasteiger partial charge in [-0.05, 0) is 63.1 Å². The van der Waals surface area contributed by atoms with Crippen LogP contribution in [0.15, 0.2) is 35.9 Å². The highest BCUT2D eigenvalue weighted by atomic mass is 32.1. The summed E-state index contributed by atoms with van der Waals surface area (Å²) in [7, 11) is 0. The predicted molar refractivity (Wildman–Crippen MR) is 118 cm³/mol. The van der Waals surface area contributed by atoms with Crippen LogP contribution in [-0.2, 0) is 6.42 Å². The molecule has 1 aliphatic carbocycles. The molecule has 25 heavy (non-hydrogen) atoms. The Morgan fingerprint density at radius 1 is 1.16 bits per heavy atom. The van der Waals surface area contributed by atoms with E-state index in [1.165, 1.54) is 18.4 Å². The summed E-state index contributed by atoms with van der Waals surface area (Å²) >= 11 is 0. The molecule has 0 bridgehead atoms. The molecule has 0 aliphatic heterocycles. The normalized spacial score (nSPS) is 19.4. The Morgan fingerprint density at radius 3 is 2.28 bits per heavy atom. The lowest BCUT2D eigenvalue weighted by Crippen LogP contribution is -2.17. The number of hydrogen-bond donors (Lipinski definition) is 2. The number of phenolic OH excluding ortho intramolecular Hbond substituents is 2. The Balaban J connectivity index is 0.00000288. The van der Waals surface area contributed by atoms with Gasteiger partial charge < -0.3 is 10.2 Å². The van der Waals surface area contributed by atoms with Gasteiger partial charge in [0.25, 0.3) is 0 Å². The molecule has 4 heteroatoms. The highest BCUT2D eigenvalue weighted by Gasteiger charge is 2.29. The molecule has 0 radical (unpaired) electrons. The first kappa shape index (κ1) is 24.0. The third-order valence-electron chi connectivity index (χ3n) is 4.98. The second-order valence-electron chi connectivity index (χ2n) is 7.04. The first-order valence-corrected chi connectivity index (χ1v) is 8.81.